The summed E-state index contributed by atoms with van der Waals surface area (Å²) >= 11 is 0. The second kappa shape index (κ2) is 2.37. The maximum absolute atomic E-state index is 10.2. The molecule has 0 amide bonds. The maximum atomic E-state index is 10.2. The lowest BCUT2D eigenvalue weighted by Gasteiger charge is -2.43. The summed E-state index contributed by atoms with van der Waals surface area (Å²) in [5.41, 5.74) is -0.882. The van der Waals surface area contributed by atoms with Crippen LogP contribution in [0.4, 0.5) is 0 Å². The van der Waals surface area contributed by atoms with Gasteiger partial charge < -0.3 is 9.84 Å². The van der Waals surface area contributed by atoms with Gasteiger partial charge in [0.05, 0.1) is 0 Å². The number of methoxy groups -OCH3 is 1. The normalized spacial score (nSPS) is 54.2. The van der Waals surface area contributed by atoms with E-state index >= 15 is 0 Å². The van der Waals surface area contributed by atoms with Crippen molar-refractivity contribution in [2.45, 2.75) is 44.3 Å². The third-order valence-corrected chi connectivity index (χ3v) is 3.91. The second-order valence-corrected chi connectivity index (χ2v) is 5.01. The largest absolute Gasteiger partial charge is 0.383 e. The standard InChI is InChI=1S/C11H18O2/c1-9-4-6-10(2,12)11(8-9,13-3)7-5-9/h4,6,12H,5,7-8H2,1-3H3/t9-,10-,11-/m0/s1. The van der Waals surface area contributed by atoms with Crippen LogP contribution in [0.25, 0.3) is 0 Å². The van der Waals surface area contributed by atoms with Gasteiger partial charge >= 0.3 is 0 Å². The minimum absolute atomic E-state index is 0.248. The molecule has 0 spiro atoms. The summed E-state index contributed by atoms with van der Waals surface area (Å²) in [5.74, 6) is 0. The number of ether oxygens (including phenoxy) is 1. The minimum atomic E-state index is -0.794. The zero-order valence-electron chi connectivity index (χ0n) is 8.63. The molecule has 74 valence electrons. The van der Waals surface area contributed by atoms with Gasteiger partial charge in [-0.3, -0.25) is 0 Å². The molecule has 13 heavy (non-hydrogen) atoms. The first-order valence-corrected chi connectivity index (χ1v) is 4.91. The van der Waals surface area contributed by atoms with Crippen molar-refractivity contribution >= 4 is 0 Å². The summed E-state index contributed by atoms with van der Waals surface area (Å²) in [5, 5.41) is 10.2. The van der Waals surface area contributed by atoms with Crippen LogP contribution >= 0.6 is 0 Å². The highest BCUT2D eigenvalue weighted by molar-refractivity contribution is 5.25. The molecule has 2 heteroatoms. The molecular weight excluding hydrogens is 164 g/mol. The van der Waals surface area contributed by atoms with Crippen LogP contribution in [0, 0.1) is 5.41 Å². The molecule has 1 saturated carbocycles. The smallest absolute Gasteiger partial charge is 0.109 e. The summed E-state index contributed by atoms with van der Waals surface area (Å²) < 4.78 is 5.55. The van der Waals surface area contributed by atoms with Crippen molar-refractivity contribution in [3.63, 3.8) is 0 Å². The fourth-order valence-electron chi connectivity index (χ4n) is 2.79. The number of fused-ring (bicyclic) bond motifs is 2. The van der Waals surface area contributed by atoms with Gasteiger partial charge in [0.15, 0.2) is 0 Å². The van der Waals surface area contributed by atoms with Crippen LogP contribution in [0.5, 0.6) is 0 Å². The summed E-state index contributed by atoms with van der Waals surface area (Å²) in [4.78, 5) is 0. The van der Waals surface area contributed by atoms with Crippen molar-refractivity contribution < 1.29 is 9.84 Å². The zero-order valence-corrected chi connectivity index (χ0v) is 8.63. The number of allylic oxidation sites excluding steroid dienone is 1. The number of aliphatic hydroxyl groups is 1. The molecule has 0 unspecified atom stereocenters. The van der Waals surface area contributed by atoms with Crippen LogP contribution < -0.4 is 0 Å². The Hall–Kier alpha value is -0.340. The summed E-state index contributed by atoms with van der Waals surface area (Å²) in [7, 11) is 1.71. The molecule has 2 rings (SSSR count). The van der Waals surface area contributed by atoms with Crippen molar-refractivity contribution in [1.29, 1.82) is 0 Å². The van der Waals surface area contributed by atoms with Gasteiger partial charge in [0.2, 0.25) is 0 Å². The Kier molecular flexibility index (Phi) is 1.68. The Morgan fingerprint density at radius 3 is 2.46 bits per heavy atom. The average Bonchev–Trinajstić information content (AvgIpc) is 2.39. The van der Waals surface area contributed by atoms with Crippen LogP contribution in [0.1, 0.15) is 33.1 Å². The van der Waals surface area contributed by atoms with Crippen molar-refractivity contribution in [2.24, 2.45) is 5.41 Å². The Labute approximate surface area is 79.6 Å². The van der Waals surface area contributed by atoms with Gasteiger partial charge in [0.1, 0.15) is 11.2 Å². The fraction of sp³-hybridized carbons (Fsp3) is 0.818. The van der Waals surface area contributed by atoms with E-state index in [1.54, 1.807) is 7.11 Å². The molecule has 0 aromatic rings. The van der Waals surface area contributed by atoms with Crippen LogP contribution in [0.2, 0.25) is 0 Å². The van der Waals surface area contributed by atoms with E-state index in [0.29, 0.717) is 0 Å². The van der Waals surface area contributed by atoms with Crippen molar-refractivity contribution in [3.8, 4) is 0 Å². The Morgan fingerprint density at radius 2 is 1.92 bits per heavy atom. The quantitative estimate of drug-likeness (QED) is 0.627. The Bertz CT molecular complexity index is 257. The first-order valence-electron chi connectivity index (χ1n) is 4.91. The van der Waals surface area contributed by atoms with E-state index in [0.717, 1.165) is 19.3 Å². The first-order chi connectivity index (χ1) is 5.93. The van der Waals surface area contributed by atoms with Crippen LogP contribution in [-0.4, -0.2) is 23.4 Å². The van der Waals surface area contributed by atoms with E-state index in [9.17, 15) is 5.11 Å². The molecule has 0 aromatic carbocycles. The summed E-state index contributed by atoms with van der Waals surface area (Å²) in [6.07, 6.45) is 7.08. The van der Waals surface area contributed by atoms with Gasteiger partial charge in [-0.2, -0.15) is 0 Å². The van der Waals surface area contributed by atoms with E-state index in [2.05, 4.69) is 13.0 Å². The summed E-state index contributed by atoms with van der Waals surface area (Å²) in [6, 6.07) is 0. The molecular formula is C11H18O2. The molecule has 2 aliphatic carbocycles. The van der Waals surface area contributed by atoms with Crippen molar-refractivity contribution in [1.82, 2.24) is 0 Å². The molecule has 0 heterocycles. The Morgan fingerprint density at radius 1 is 1.23 bits per heavy atom. The molecule has 0 aromatic heterocycles. The van der Waals surface area contributed by atoms with Crippen LogP contribution in [-0.2, 0) is 4.74 Å². The highest BCUT2D eigenvalue weighted by atomic mass is 16.5. The molecule has 1 N–H and O–H groups in total. The SMILES string of the molecule is CO[C@]12CC[C@](C)(C=C[C@]1(C)O)C2. The lowest BCUT2D eigenvalue weighted by atomic mass is 9.73. The molecule has 3 atom stereocenters. The van der Waals surface area contributed by atoms with Gasteiger partial charge in [-0.15, -0.1) is 0 Å². The van der Waals surface area contributed by atoms with E-state index in [4.69, 9.17) is 4.74 Å². The van der Waals surface area contributed by atoms with E-state index < -0.39 is 5.60 Å². The lowest BCUT2D eigenvalue weighted by Crippen LogP contribution is -2.52. The molecule has 1 fully saturated rings. The van der Waals surface area contributed by atoms with Crippen LogP contribution in [0.3, 0.4) is 0 Å². The van der Waals surface area contributed by atoms with Crippen molar-refractivity contribution in [3.05, 3.63) is 12.2 Å². The first kappa shape index (κ1) is 9.22. The minimum Gasteiger partial charge on any atom is -0.383 e. The van der Waals surface area contributed by atoms with Gasteiger partial charge in [0, 0.05) is 7.11 Å². The second-order valence-electron chi connectivity index (χ2n) is 5.01. The maximum Gasteiger partial charge on any atom is 0.109 e. The van der Waals surface area contributed by atoms with Crippen molar-refractivity contribution in [2.75, 3.05) is 7.11 Å². The van der Waals surface area contributed by atoms with Crippen LogP contribution in [0.15, 0.2) is 12.2 Å². The van der Waals surface area contributed by atoms with Gasteiger partial charge in [-0.05, 0) is 31.6 Å². The monoisotopic (exact) mass is 182 g/mol. The van der Waals surface area contributed by atoms with Gasteiger partial charge in [-0.1, -0.05) is 19.1 Å². The molecule has 2 nitrogen and oxygen atoms in total. The van der Waals surface area contributed by atoms with E-state index in [-0.39, 0.29) is 11.0 Å². The fourth-order valence-corrected chi connectivity index (χ4v) is 2.79. The molecule has 0 aliphatic heterocycles. The average molecular weight is 182 g/mol. The third-order valence-electron chi connectivity index (χ3n) is 3.91. The highest BCUT2D eigenvalue weighted by Gasteiger charge is 2.56. The molecule has 0 radical (unpaired) electrons. The summed E-state index contributed by atoms with van der Waals surface area (Å²) in [6.45, 7) is 4.08. The topological polar surface area (TPSA) is 29.5 Å². The third kappa shape index (κ3) is 1.09. The molecule has 2 bridgehead atoms. The Balaban J connectivity index is 2.43. The van der Waals surface area contributed by atoms with E-state index in [1.807, 2.05) is 13.0 Å². The molecule has 0 saturated heterocycles. The predicted octanol–water partition coefficient (Wildman–Crippen LogP) is 1.88. The molecule has 2 aliphatic rings. The highest BCUT2D eigenvalue weighted by Crippen LogP contribution is 2.55. The zero-order chi connectivity index (χ0) is 9.74. The lowest BCUT2D eigenvalue weighted by molar-refractivity contribution is -0.139. The number of rotatable bonds is 1. The predicted molar refractivity (Wildman–Crippen MR) is 51.5 cm³/mol. The van der Waals surface area contributed by atoms with E-state index in [1.165, 1.54) is 0 Å². The van der Waals surface area contributed by atoms with Gasteiger partial charge in [0.25, 0.3) is 0 Å². The number of hydrogen-bond donors (Lipinski definition) is 1. The van der Waals surface area contributed by atoms with Gasteiger partial charge in [-0.25, -0.2) is 0 Å². The number of hydrogen-bond acceptors (Lipinski definition) is 2.